The van der Waals surface area contributed by atoms with Gasteiger partial charge in [-0.1, -0.05) is 6.08 Å². The van der Waals surface area contributed by atoms with E-state index in [4.69, 9.17) is 0 Å². The van der Waals surface area contributed by atoms with Gasteiger partial charge in [0.1, 0.15) is 0 Å². The van der Waals surface area contributed by atoms with Crippen LogP contribution in [0, 0.1) is 0 Å². The molecule has 1 saturated heterocycles. The number of nitrogens with one attached hydrogen (secondary N) is 2. The van der Waals surface area contributed by atoms with Crippen molar-refractivity contribution in [3.8, 4) is 0 Å². The Balaban J connectivity index is 1.99. The molecule has 2 N–H and O–H groups in total. The molecule has 1 aliphatic rings. The summed E-state index contributed by atoms with van der Waals surface area (Å²) < 4.78 is 22.7. The Hall–Kier alpha value is -1.70. The van der Waals surface area contributed by atoms with Crippen LogP contribution in [0.5, 0.6) is 0 Å². The zero-order valence-corrected chi connectivity index (χ0v) is 10.7. The van der Waals surface area contributed by atoms with Gasteiger partial charge in [0, 0.05) is 12.6 Å². The second kappa shape index (κ2) is 5.30. The maximum absolute atomic E-state index is 11.3. The van der Waals surface area contributed by atoms with Gasteiger partial charge < -0.3 is 10.6 Å². The van der Waals surface area contributed by atoms with Crippen LogP contribution in [0.4, 0.5) is 11.8 Å². The Kier molecular flexibility index (Phi) is 3.75. The molecule has 0 spiro atoms. The molecule has 18 heavy (non-hydrogen) atoms. The molecule has 0 radical (unpaired) electrons. The zero-order valence-electron chi connectivity index (χ0n) is 9.83. The minimum absolute atomic E-state index is 0.0982. The second-order valence-electron chi connectivity index (χ2n) is 4.08. The third-order valence-electron chi connectivity index (χ3n) is 2.55. The van der Waals surface area contributed by atoms with Gasteiger partial charge in [-0.25, -0.2) is 8.42 Å². The minimum atomic E-state index is -2.90. The molecule has 8 heteroatoms. The van der Waals surface area contributed by atoms with E-state index in [0.717, 1.165) is 0 Å². The van der Waals surface area contributed by atoms with Gasteiger partial charge in [-0.2, -0.15) is 10.1 Å². The summed E-state index contributed by atoms with van der Waals surface area (Å²) in [6.07, 6.45) is 3.76. The first-order valence-corrected chi connectivity index (χ1v) is 7.42. The lowest BCUT2D eigenvalue weighted by Crippen LogP contribution is -2.21. The molecule has 1 atom stereocenters. The van der Waals surface area contributed by atoms with E-state index in [1.807, 2.05) is 0 Å². The normalized spacial score (nSPS) is 21.4. The van der Waals surface area contributed by atoms with E-state index in [9.17, 15) is 8.42 Å². The highest BCUT2D eigenvalue weighted by atomic mass is 32.2. The van der Waals surface area contributed by atoms with Gasteiger partial charge in [0.15, 0.2) is 15.7 Å². The smallest absolute Gasteiger partial charge is 0.244 e. The quantitative estimate of drug-likeness (QED) is 0.730. The number of sulfone groups is 1. The lowest BCUT2D eigenvalue weighted by molar-refractivity contribution is 0.602. The first-order chi connectivity index (χ1) is 8.59. The Morgan fingerprint density at radius 2 is 2.39 bits per heavy atom. The Bertz CT molecular complexity index is 531. The molecule has 0 amide bonds. The van der Waals surface area contributed by atoms with E-state index >= 15 is 0 Å². The average Bonchev–Trinajstić information content (AvgIpc) is 2.66. The van der Waals surface area contributed by atoms with Gasteiger partial charge >= 0.3 is 0 Å². The van der Waals surface area contributed by atoms with Crippen LogP contribution in [-0.2, 0) is 9.84 Å². The predicted octanol–water partition coefficient (Wildman–Crippen LogP) is 0.0685. The van der Waals surface area contributed by atoms with E-state index < -0.39 is 9.84 Å². The maximum atomic E-state index is 11.3. The molecule has 0 saturated carbocycles. The van der Waals surface area contributed by atoms with E-state index in [1.54, 1.807) is 6.08 Å². The van der Waals surface area contributed by atoms with Gasteiger partial charge in [-0.05, 0) is 6.42 Å². The largest absolute Gasteiger partial charge is 0.365 e. The molecule has 1 aromatic heterocycles. The van der Waals surface area contributed by atoms with Gasteiger partial charge in [-0.15, -0.1) is 11.7 Å². The van der Waals surface area contributed by atoms with Crippen molar-refractivity contribution in [2.45, 2.75) is 12.5 Å². The molecule has 1 unspecified atom stereocenters. The fraction of sp³-hybridized carbons (Fsp3) is 0.500. The number of hydrogen-bond donors (Lipinski definition) is 2. The Morgan fingerprint density at radius 1 is 1.56 bits per heavy atom. The van der Waals surface area contributed by atoms with Crippen molar-refractivity contribution in [3.63, 3.8) is 0 Å². The predicted molar refractivity (Wildman–Crippen MR) is 69.2 cm³/mol. The van der Waals surface area contributed by atoms with Crippen molar-refractivity contribution >= 4 is 21.6 Å². The number of anilines is 2. The van der Waals surface area contributed by atoms with Crippen molar-refractivity contribution in [1.82, 2.24) is 15.2 Å². The summed E-state index contributed by atoms with van der Waals surface area (Å²) in [4.78, 5) is 4.18. The standard InChI is InChI=1S/C10H15N5O2S/c1-2-4-11-10-14-9(6-12-15-10)13-8-3-5-18(16,17)7-8/h2,6,8H,1,3-5,7H2,(H2,11,13,14,15). The second-order valence-corrected chi connectivity index (χ2v) is 6.31. The number of nitrogens with zero attached hydrogens (tertiary/aromatic N) is 3. The molecule has 7 nitrogen and oxygen atoms in total. The van der Waals surface area contributed by atoms with E-state index in [-0.39, 0.29) is 17.5 Å². The first kappa shape index (κ1) is 12.7. The fourth-order valence-corrected chi connectivity index (χ4v) is 3.40. The summed E-state index contributed by atoms with van der Waals surface area (Å²) in [5, 5.41) is 13.6. The number of aromatic nitrogens is 3. The summed E-state index contributed by atoms with van der Waals surface area (Å²) in [5.74, 6) is 1.29. The monoisotopic (exact) mass is 269 g/mol. The molecule has 0 aromatic carbocycles. The molecule has 2 heterocycles. The summed E-state index contributed by atoms with van der Waals surface area (Å²) >= 11 is 0. The highest BCUT2D eigenvalue weighted by Crippen LogP contribution is 2.15. The SMILES string of the molecule is C=CCNc1nncc(NC2CCS(=O)(=O)C2)n1. The molecular weight excluding hydrogens is 254 g/mol. The summed E-state index contributed by atoms with van der Waals surface area (Å²) in [5.41, 5.74) is 0. The summed E-state index contributed by atoms with van der Waals surface area (Å²) in [6.45, 7) is 4.12. The van der Waals surface area contributed by atoms with E-state index in [0.29, 0.717) is 24.7 Å². The third-order valence-corrected chi connectivity index (χ3v) is 4.32. The highest BCUT2D eigenvalue weighted by Gasteiger charge is 2.27. The molecule has 1 aliphatic heterocycles. The molecule has 0 aliphatic carbocycles. The van der Waals surface area contributed by atoms with E-state index in [2.05, 4.69) is 32.4 Å². The highest BCUT2D eigenvalue weighted by molar-refractivity contribution is 7.91. The first-order valence-electron chi connectivity index (χ1n) is 5.60. The lowest BCUT2D eigenvalue weighted by Gasteiger charge is -2.11. The number of rotatable bonds is 5. The van der Waals surface area contributed by atoms with Crippen molar-refractivity contribution in [2.24, 2.45) is 0 Å². The van der Waals surface area contributed by atoms with Gasteiger partial charge in [-0.3, -0.25) is 0 Å². The van der Waals surface area contributed by atoms with Gasteiger partial charge in [0.25, 0.3) is 0 Å². The van der Waals surface area contributed by atoms with Crippen LogP contribution in [0.1, 0.15) is 6.42 Å². The topological polar surface area (TPSA) is 96.9 Å². The number of hydrogen-bond acceptors (Lipinski definition) is 7. The van der Waals surface area contributed by atoms with Crippen molar-refractivity contribution in [2.75, 3.05) is 28.7 Å². The van der Waals surface area contributed by atoms with Crippen molar-refractivity contribution in [1.29, 1.82) is 0 Å². The molecule has 98 valence electrons. The van der Waals surface area contributed by atoms with Crippen LogP contribution < -0.4 is 10.6 Å². The fourth-order valence-electron chi connectivity index (χ4n) is 1.73. The van der Waals surface area contributed by atoms with Crippen LogP contribution in [0.25, 0.3) is 0 Å². The lowest BCUT2D eigenvalue weighted by atomic mass is 10.3. The minimum Gasteiger partial charge on any atom is -0.365 e. The average molecular weight is 269 g/mol. The van der Waals surface area contributed by atoms with E-state index in [1.165, 1.54) is 6.20 Å². The van der Waals surface area contributed by atoms with Crippen LogP contribution in [0.3, 0.4) is 0 Å². The summed E-state index contributed by atoms with van der Waals surface area (Å²) in [6, 6.07) is -0.0982. The van der Waals surface area contributed by atoms with Crippen molar-refractivity contribution < 1.29 is 8.42 Å². The van der Waals surface area contributed by atoms with Crippen LogP contribution >= 0.6 is 0 Å². The van der Waals surface area contributed by atoms with Crippen LogP contribution in [0.15, 0.2) is 18.9 Å². The van der Waals surface area contributed by atoms with Gasteiger partial charge in [0.2, 0.25) is 5.95 Å². The Labute approximate surface area is 106 Å². The van der Waals surface area contributed by atoms with Crippen LogP contribution in [0.2, 0.25) is 0 Å². The molecule has 0 bridgehead atoms. The summed E-state index contributed by atoms with van der Waals surface area (Å²) in [7, 11) is -2.90. The third kappa shape index (κ3) is 3.39. The van der Waals surface area contributed by atoms with Crippen LogP contribution in [-0.4, -0.2) is 47.7 Å². The maximum Gasteiger partial charge on any atom is 0.244 e. The van der Waals surface area contributed by atoms with Gasteiger partial charge in [0.05, 0.1) is 17.7 Å². The molecular formula is C10H15N5O2S. The molecule has 1 aromatic rings. The Morgan fingerprint density at radius 3 is 3.06 bits per heavy atom. The zero-order chi connectivity index (χ0) is 13.0. The van der Waals surface area contributed by atoms with Crippen molar-refractivity contribution in [3.05, 3.63) is 18.9 Å². The molecule has 2 rings (SSSR count). The molecule has 1 fully saturated rings.